The van der Waals surface area contributed by atoms with E-state index in [2.05, 4.69) is 41.3 Å². The second-order valence-electron chi connectivity index (χ2n) is 12.3. The van der Waals surface area contributed by atoms with Crippen LogP contribution in [0.3, 0.4) is 0 Å². The van der Waals surface area contributed by atoms with Crippen LogP contribution in [0.25, 0.3) is 22.0 Å². The average molecular weight is 677 g/mol. The fraction of sp³-hybridized carbons (Fsp3) is 0.424. The zero-order valence-corrected chi connectivity index (χ0v) is 27.3. The molecule has 4 aromatic rings. The Labute approximate surface area is 269 Å². The van der Waals surface area contributed by atoms with Gasteiger partial charge in [0.05, 0.1) is 12.2 Å². The third kappa shape index (κ3) is 5.87. The molecule has 2 amide bonds. The number of pyridine rings is 1. The van der Waals surface area contributed by atoms with Crippen molar-refractivity contribution in [3.8, 4) is 11.1 Å². The van der Waals surface area contributed by atoms with Crippen molar-refractivity contribution in [3.05, 3.63) is 63.9 Å². The Morgan fingerprint density at radius 1 is 1.04 bits per heavy atom. The number of halogens is 2. The Morgan fingerprint density at radius 3 is 2.51 bits per heavy atom. The SMILES string of the molecule is CC(=O)c1nn(CC(=O)N2[C@H](C(=O)Nc3nc(Br)ccc3C)C[C@@]3(CCCCF)C[C@@H]23)c2c(C)cc(-c3cnc(C)nc3)cc12. The molecule has 6 rings (SSSR count). The van der Waals surface area contributed by atoms with Crippen molar-refractivity contribution >= 4 is 50.2 Å². The van der Waals surface area contributed by atoms with Crippen LogP contribution in [0.5, 0.6) is 0 Å². The molecule has 3 aromatic heterocycles. The van der Waals surface area contributed by atoms with Crippen molar-refractivity contribution in [2.45, 2.75) is 78.4 Å². The Kier molecular flexibility index (Phi) is 8.28. The van der Waals surface area contributed by atoms with E-state index in [9.17, 15) is 18.8 Å². The van der Waals surface area contributed by atoms with E-state index in [1.165, 1.54) is 6.92 Å². The van der Waals surface area contributed by atoms with Crippen LogP contribution in [0.2, 0.25) is 0 Å². The number of piperidine rings is 1. The molecule has 1 aliphatic heterocycles. The number of aromatic nitrogens is 5. The lowest BCUT2D eigenvalue weighted by Crippen LogP contribution is -2.47. The first-order valence-electron chi connectivity index (χ1n) is 15.1. The second-order valence-corrected chi connectivity index (χ2v) is 13.1. The number of nitrogens with zero attached hydrogens (tertiary/aromatic N) is 6. The second kappa shape index (κ2) is 12.0. The number of unbranched alkanes of at least 4 members (excludes halogenated alkanes) is 1. The van der Waals surface area contributed by atoms with Crippen LogP contribution in [0.15, 0.2) is 41.3 Å². The molecule has 1 N–H and O–H groups in total. The number of nitrogens with one attached hydrogen (secondary N) is 1. The van der Waals surface area contributed by atoms with Crippen LogP contribution < -0.4 is 5.32 Å². The van der Waals surface area contributed by atoms with Gasteiger partial charge in [0.2, 0.25) is 11.8 Å². The molecular weight excluding hydrogens is 641 g/mol. The van der Waals surface area contributed by atoms with Crippen molar-refractivity contribution in [2.75, 3.05) is 12.0 Å². The van der Waals surface area contributed by atoms with Crippen molar-refractivity contribution in [1.29, 1.82) is 0 Å². The van der Waals surface area contributed by atoms with Crippen LogP contribution in [-0.4, -0.2) is 66.0 Å². The van der Waals surface area contributed by atoms with Crippen LogP contribution in [0.1, 0.15) is 66.5 Å². The van der Waals surface area contributed by atoms with Gasteiger partial charge in [-0.05, 0) is 103 Å². The van der Waals surface area contributed by atoms with Gasteiger partial charge < -0.3 is 10.2 Å². The van der Waals surface area contributed by atoms with Gasteiger partial charge >= 0.3 is 0 Å². The summed E-state index contributed by atoms with van der Waals surface area (Å²) in [6.45, 7) is 6.54. The molecule has 1 aliphatic carbocycles. The van der Waals surface area contributed by atoms with E-state index in [1.807, 2.05) is 39.0 Å². The molecule has 2 aliphatic rings. The summed E-state index contributed by atoms with van der Waals surface area (Å²) in [6, 6.07) is 6.70. The highest BCUT2D eigenvalue weighted by Crippen LogP contribution is 2.62. The van der Waals surface area contributed by atoms with Crippen molar-refractivity contribution in [3.63, 3.8) is 0 Å². The lowest BCUT2D eigenvalue weighted by Gasteiger charge is -2.27. The van der Waals surface area contributed by atoms with Gasteiger partial charge in [-0.3, -0.25) is 23.5 Å². The van der Waals surface area contributed by atoms with E-state index in [4.69, 9.17) is 0 Å². The highest BCUT2D eigenvalue weighted by atomic mass is 79.9. The summed E-state index contributed by atoms with van der Waals surface area (Å²) in [7, 11) is 0. The molecule has 0 radical (unpaired) electrons. The number of alkyl halides is 1. The molecular formula is C33H35BrFN7O3. The fourth-order valence-electron chi connectivity index (χ4n) is 6.80. The molecule has 0 unspecified atom stereocenters. The Morgan fingerprint density at radius 2 is 1.80 bits per heavy atom. The zero-order valence-electron chi connectivity index (χ0n) is 25.7. The van der Waals surface area contributed by atoms with Crippen LogP contribution in [0, 0.1) is 26.2 Å². The molecule has 1 saturated carbocycles. The van der Waals surface area contributed by atoms with Crippen molar-refractivity contribution in [1.82, 2.24) is 29.6 Å². The smallest absolute Gasteiger partial charge is 0.248 e. The number of Topliss-reactive ketones (excluding diaryl/α,β-unsaturated/α-hetero) is 1. The standard InChI is InChI=1S/C33H35BrFN7O3/c1-18-7-8-27(34)38-31(18)39-32(45)25-13-33(9-5-6-10-35)14-26(33)42(25)28(44)17-41-30-19(2)11-22(23-15-36-21(4)37-16-23)12-24(30)29(40-41)20(3)43/h7-8,11-12,15-16,25-26H,5-6,9-10,13-14,17H2,1-4H3,(H,38,39,45)/t25-,26+,33-/m0/s1. The van der Waals surface area contributed by atoms with Gasteiger partial charge in [-0.15, -0.1) is 0 Å². The average Bonchev–Trinajstić information content (AvgIpc) is 3.40. The third-order valence-corrected chi connectivity index (χ3v) is 9.58. The minimum absolute atomic E-state index is 0.111. The first-order chi connectivity index (χ1) is 21.5. The first-order valence-corrected chi connectivity index (χ1v) is 15.9. The summed E-state index contributed by atoms with van der Waals surface area (Å²) in [6.07, 6.45) is 6.69. The number of carbonyl (C=O) groups is 3. The topological polar surface area (TPSA) is 123 Å². The van der Waals surface area contributed by atoms with Gasteiger partial charge in [0.1, 0.15) is 34.5 Å². The Bertz CT molecular complexity index is 1830. The van der Waals surface area contributed by atoms with E-state index >= 15 is 0 Å². The van der Waals surface area contributed by atoms with Crippen molar-refractivity contribution in [2.24, 2.45) is 5.41 Å². The van der Waals surface area contributed by atoms with E-state index in [-0.39, 0.29) is 48.0 Å². The molecule has 234 valence electrons. The number of fused-ring (bicyclic) bond motifs is 2. The monoisotopic (exact) mass is 675 g/mol. The number of amides is 2. The molecule has 0 spiro atoms. The fourth-order valence-corrected chi connectivity index (χ4v) is 7.11. The molecule has 4 heterocycles. The molecule has 3 atom stereocenters. The maximum absolute atomic E-state index is 14.2. The molecule has 10 nitrogen and oxygen atoms in total. The van der Waals surface area contributed by atoms with Crippen LogP contribution in [-0.2, 0) is 16.1 Å². The van der Waals surface area contributed by atoms with E-state index in [1.54, 1.807) is 28.0 Å². The van der Waals surface area contributed by atoms with Gasteiger partial charge in [-0.1, -0.05) is 12.5 Å². The first kappa shape index (κ1) is 30.9. The van der Waals surface area contributed by atoms with Gasteiger partial charge in [-0.2, -0.15) is 5.10 Å². The molecule has 45 heavy (non-hydrogen) atoms. The quantitative estimate of drug-likeness (QED) is 0.126. The predicted molar refractivity (Wildman–Crippen MR) is 171 cm³/mol. The highest BCUT2D eigenvalue weighted by molar-refractivity contribution is 9.10. The largest absolute Gasteiger partial charge is 0.325 e. The summed E-state index contributed by atoms with van der Waals surface area (Å²) in [5.74, 6) is 0.325. The number of hydrogen-bond donors (Lipinski definition) is 1. The predicted octanol–water partition coefficient (Wildman–Crippen LogP) is 5.92. The highest BCUT2D eigenvalue weighted by Gasteiger charge is 2.66. The minimum atomic E-state index is -0.704. The summed E-state index contributed by atoms with van der Waals surface area (Å²) < 4.78 is 15.1. The van der Waals surface area contributed by atoms with E-state index in [0.29, 0.717) is 46.4 Å². The third-order valence-electron chi connectivity index (χ3n) is 9.14. The summed E-state index contributed by atoms with van der Waals surface area (Å²) in [5.41, 5.74) is 4.05. The molecule has 0 bridgehead atoms. The number of likely N-dealkylation sites (tertiary alicyclic amines) is 1. The molecule has 1 aromatic carbocycles. The van der Waals surface area contributed by atoms with Crippen molar-refractivity contribution < 1.29 is 18.8 Å². The lowest BCUT2D eigenvalue weighted by atomic mass is 9.93. The Hall–Kier alpha value is -4.06. The number of anilines is 1. The zero-order chi connectivity index (χ0) is 32.0. The van der Waals surface area contributed by atoms with Gasteiger partial charge in [-0.25, -0.2) is 15.0 Å². The normalized spacial score (nSPS) is 20.4. The number of aryl methyl sites for hydroxylation is 3. The van der Waals surface area contributed by atoms with Crippen LogP contribution >= 0.6 is 15.9 Å². The molecule has 1 saturated heterocycles. The maximum atomic E-state index is 14.2. The molecule has 12 heteroatoms. The summed E-state index contributed by atoms with van der Waals surface area (Å²) in [4.78, 5) is 55.3. The van der Waals surface area contributed by atoms with Gasteiger partial charge in [0.25, 0.3) is 0 Å². The minimum Gasteiger partial charge on any atom is -0.325 e. The van der Waals surface area contributed by atoms with E-state index < -0.39 is 6.04 Å². The Balaban J connectivity index is 1.32. The molecule has 2 fully saturated rings. The van der Waals surface area contributed by atoms with Gasteiger partial charge in [0, 0.05) is 36.3 Å². The summed E-state index contributed by atoms with van der Waals surface area (Å²) >= 11 is 3.36. The number of hydrogen-bond acceptors (Lipinski definition) is 7. The number of rotatable bonds is 10. The lowest BCUT2D eigenvalue weighted by molar-refractivity contribution is -0.138. The number of ketones is 1. The number of carbonyl (C=O) groups excluding carboxylic acids is 3. The maximum Gasteiger partial charge on any atom is 0.248 e. The number of benzene rings is 1. The summed E-state index contributed by atoms with van der Waals surface area (Å²) in [5, 5.41) is 8.20. The van der Waals surface area contributed by atoms with Crippen LogP contribution in [0.4, 0.5) is 10.2 Å². The van der Waals surface area contributed by atoms with E-state index in [0.717, 1.165) is 35.1 Å². The van der Waals surface area contributed by atoms with Gasteiger partial charge in [0.15, 0.2) is 5.78 Å².